The lowest BCUT2D eigenvalue weighted by Gasteiger charge is -2.24. The summed E-state index contributed by atoms with van der Waals surface area (Å²) < 4.78 is 14.7. The molecule has 0 spiro atoms. The van der Waals surface area contributed by atoms with Gasteiger partial charge in [0.2, 0.25) is 11.2 Å². The molecule has 2 saturated carbocycles. The molecule has 0 unspecified atom stereocenters. The van der Waals surface area contributed by atoms with E-state index in [-0.39, 0.29) is 41.3 Å². The van der Waals surface area contributed by atoms with Gasteiger partial charge in [0.1, 0.15) is 12.2 Å². The van der Waals surface area contributed by atoms with Crippen LogP contribution in [0, 0.1) is 11.3 Å². The summed E-state index contributed by atoms with van der Waals surface area (Å²) in [5.41, 5.74) is 3.00. The molecular formula is C30H31ClN6O3. The van der Waals surface area contributed by atoms with Gasteiger partial charge in [-0.15, -0.1) is 0 Å². The third kappa shape index (κ3) is 3.90. The molecule has 1 amide bonds. The van der Waals surface area contributed by atoms with Crippen LogP contribution in [0.3, 0.4) is 0 Å². The van der Waals surface area contributed by atoms with E-state index in [9.17, 15) is 4.79 Å². The number of carbonyl (C=O) groups excluding carboxylic acids is 1. The highest BCUT2D eigenvalue weighted by Gasteiger charge is 2.79. The normalized spacial score (nSPS) is 27.9. The number of anilines is 1. The Labute approximate surface area is 237 Å². The molecule has 3 heterocycles. The molecule has 7 rings (SSSR count). The summed E-state index contributed by atoms with van der Waals surface area (Å²) in [7, 11) is 1.67. The number of nitrogens with zero attached hydrogens (tertiary/aromatic N) is 4. The SMILES string of the molecule is CNC(=O)[C@@]12C[C@@H]1[C@@H](n1cnc3c(NCC(c4ccccc4)c4ccccc4)nc(Cl)nc31)[C@@H]1OC(C)(C)O[C@@H]12. The molecule has 10 heteroatoms. The second-order valence-electron chi connectivity index (χ2n) is 11.4. The number of aromatic nitrogens is 4. The third-order valence-electron chi connectivity index (χ3n) is 8.69. The zero-order chi connectivity index (χ0) is 27.6. The van der Waals surface area contributed by atoms with Gasteiger partial charge in [0.15, 0.2) is 22.8 Å². The Kier molecular flexibility index (Phi) is 5.89. The summed E-state index contributed by atoms with van der Waals surface area (Å²) in [6.07, 6.45) is 1.83. The van der Waals surface area contributed by atoms with Gasteiger partial charge in [0.05, 0.1) is 17.8 Å². The predicted octanol–water partition coefficient (Wildman–Crippen LogP) is 4.55. The number of hydrogen-bond acceptors (Lipinski definition) is 7. The minimum Gasteiger partial charge on any atom is -0.367 e. The average Bonchev–Trinajstić information content (AvgIpc) is 3.28. The van der Waals surface area contributed by atoms with Gasteiger partial charge in [-0.2, -0.15) is 9.97 Å². The smallest absolute Gasteiger partial charge is 0.229 e. The second kappa shape index (κ2) is 9.26. The first-order chi connectivity index (χ1) is 19.3. The highest BCUT2D eigenvalue weighted by molar-refractivity contribution is 6.28. The summed E-state index contributed by atoms with van der Waals surface area (Å²) in [6.45, 7) is 4.37. The van der Waals surface area contributed by atoms with Crippen LogP contribution in [0.15, 0.2) is 67.0 Å². The van der Waals surface area contributed by atoms with E-state index in [1.165, 1.54) is 11.1 Å². The Morgan fingerprint density at radius 3 is 2.40 bits per heavy atom. The van der Waals surface area contributed by atoms with Crippen LogP contribution in [0.1, 0.15) is 43.4 Å². The molecule has 1 aliphatic heterocycles. The van der Waals surface area contributed by atoms with Crippen molar-refractivity contribution < 1.29 is 14.3 Å². The summed E-state index contributed by atoms with van der Waals surface area (Å²) in [5, 5.41) is 6.49. The van der Waals surface area contributed by atoms with Crippen LogP contribution in [0.5, 0.6) is 0 Å². The zero-order valence-electron chi connectivity index (χ0n) is 22.5. The minimum atomic E-state index is -0.790. The predicted molar refractivity (Wildman–Crippen MR) is 151 cm³/mol. The number of hydrogen-bond donors (Lipinski definition) is 2. The van der Waals surface area contributed by atoms with E-state index >= 15 is 0 Å². The van der Waals surface area contributed by atoms with Crippen molar-refractivity contribution in [1.82, 2.24) is 24.8 Å². The standard InChI is InChI=1S/C30H31ClN6O3/c1-29(2)39-23-22(20-14-30(20,24(23)40-29)27(38)32-3)37-16-34-21-25(35-28(31)36-26(21)37)33-15-19(17-10-6-4-7-11-17)18-12-8-5-9-13-18/h4-13,16,19-20,22-24H,14-15H2,1-3H3,(H,32,38)(H,33,35,36)/t20-,22-,23+,24+,30+/m1/s1. The van der Waals surface area contributed by atoms with E-state index in [1.807, 2.05) is 54.8 Å². The van der Waals surface area contributed by atoms with Crippen LogP contribution >= 0.6 is 11.6 Å². The molecular weight excluding hydrogens is 528 g/mol. The van der Waals surface area contributed by atoms with Gasteiger partial charge in [0, 0.05) is 25.4 Å². The molecule has 1 saturated heterocycles. The monoisotopic (exact) mass is 558 g/mol. The number of carbonyl (C=O) groups is 1. The van der Waals surface area contributed by atoms with E-state index in [2.05, 4.69) is 44.9 Å². The fraction of sp³-hybridized carbons (Fsp3) is 0.400. The van der Waals surface area contributed by atoms with Gasteiger partial charge in [-0.1, -0.05) is 60.7 Å². The first kappa shape index (κ1) is 25.4. The van der Waals surface area contributed by atoms with Crippen LogP contribution in [0.2, 0.25) is 5.28 Å². The van der Waals surface area contributed by atoms with Crippen molar-refractivity contribution in [2.75, 3.05) is 18.9 Å². The largest absolute Gasteiger partial charge is 0.367 e. The van der Waals surface area contributed by atoms with Crippen molar-refractivity contribution in [3.8, 4) is 0 Å². The van der Waals surface area contributed by atoms with Crippen LogP contribution < -0.4 is 10.6 Å². The maximum Gasteiger partial charge on any atom is 0.229 e. The number of halogens is 1. The Bertz CT molecular complexity index is 1540. The van der Waals surface area contributed by atoms with Crippen LogP contribution in [-0.2, 0) is 14.3 Å². The Morgan fingerprint density at radius 1 is 1.07 bits per heavy atom. The van der Waals surface area contributed by atoms with Gasteiger partial charge < -0.3 is 24.7 Å². The maximum atomic E-state index is 13.1. The Morgan fingerprint density at radius 2 is 1.75 bits per heavy atom. The maximum absolute atomic E-state index is 13.1. The number of fused-ring (bicyclic) bond motifs is 4. The van der Waals surface area contributed by atoms with E-state index in [0.717, 1.165) is 6.42 Å². The summed E-state index contributed by atoms with van der Waals surface area (Å²) >= 11 is 6.49. The molecule has 5 atom stereocenters. The van der Waals surface area contributed by atoms with Gasteiger partial charge in [-0.3, -0.25) is 4.79 Å². The van der Waals surface area contributed by atoms with Gasteiger partial charge >= 0.3 is 0 Å². The Hall–Kier alpha value is -3.53. The number of rotatable bonds is 7. The number of imidazole rings is 1. The number of amides is 1. The fourth-order valence-electron chi connectivity index (χ4n) is 6.93. The highest BCUT2D eigenvalue weighted by atomic mass is 35.5. The van der Waals surface area contributed by atoms with E-state index in [1.54, 1.807) is 13.4 Å². The van der Waals surface area contributed by atoms with Crippen LogP contribution in [0.25, 0.3) is 11.2 Å². The summed E-state index contributed by atoms with van der Waals surface area (Å²) in [5.74, 6) is -0.0978. The average molecular weight is 559 g/mol. The minimum absolute atomic E-state index is 0.0106. The lowest BCUT2D eigenvalue weighted by molar-refractivity contribution is -0.164. The van der Waals surface area contributed by atoms with Gasteiger partial charge in [-0.25, -0.2) is 4.98 Å². The lowest BCUT2D eigenvalue weighted by Crippen LogP contribution is -2.40. The molecule has 2 N–H and O–H groups in total. The molecule has 0 radical (unpaired) electrons. The Balaban J connectivity index is 1.24. The second-order valence-corrected chi connectivity index (χ2v) is 11.7. The molecule has 3 fully saturated rings. The van der Waals surface area contributed by atoms with Crippen LogP contribution in [-0.4, -0.2) is 57.0 Å². The topological polar surface area (TPSA) is 103 Å². The molecule has 40 heavy (non-hydrogen) atoms. The fourth-order valence-corrected chi connectivity index (χ4v) is 7.09. The quantitative estimate of drug-likeness (QED) is 0.321. The van der Waals surface area contributed by atoms with E-state index in [4.69, 9.17) is 26.1 Å². The van der Waals surface area contributed by atoms with E-state index < -0.39 is 11.2 Å². The summed E-state index contributed by atoms with van der Waals surface area (Å²) in [6, 6.07) is 20.6. The van der Waals surface area contributed by atoms with Crippen molar-refractivity contribution in [1.29, 1.82) is 0 Å². The first-order valence-electron chi connectivity index (χ1n) is 13.6. The molecule has 0 bridgehead atoms. The molecule has 2 aromatic carbocycles. The molecule has 9 nitrogen and oxygen atoms in total. The molecule has 2 aromatic heterocycles. The van der Waals surface area contributed by atoms with Crippen LogP contribution in [0.4, 0.5) is 5.82 Å². The summed E-state index contributed by atoms with van der Waals surface area (Å²) in [4.78, 5) is 26.9. The van der Waals surface area contributed by atoms with Crippen molar-refractivity contribution in [3.63, 3.8) is 0 Å². The van der Waals surface area contributed by atoms with Crippen molar-refractivity contribution >= 4 is 34.5 Å². The highest BCUT2D eigenvalue weighted by Crippen LogP contribution is 2.71. The van der Waals surface area contributed by atoms with Crippen molar-refractivity contribution in [2.24, 2.45) is 11.3 Å². The van der Waals surface area contributed by atoms with E-state index in [0.29, 0.717) is 23.5 Å². The first-order valence-corrected chi connectivity index (χ1v) is 14.0. The molecule has 4 aromatic rings. The number of nitrogens with one attached hydrogen (secondary N) is 2. The third-order valence-corrected chi connectivity index (χ3v) is 8.86. The van der Waals surface area contributed by atoms with Gasteiger partial charge in [-0.05, 0) is 43.0 Å². The van der Waals surface area contributed by atoms with Gasteiger partial charge in [0.25, 0.3) is 0 Å². The molecule has 2 aliphatic carbocycles. The molecule has 3 aliphatic rings. The number of ether oxygens (including phenoxy) is 2. The molecule has 206 valence electrons. The van der Waals surface area contributed by atoms with Crippen molar-refractivity contribution in [2.45, 2.75) is 50.2 Å². The number of benzene rings is 2. The van der Waals surface area contributed by atoms with Crippen molar-refractivity contribution in [3.05, 3.63) is 83.4 Å². The lowest BCUT2D eigenvalue weighted by atomic mass is 9.91. The zero-order valence-corrected chi connectivity index (χ0v) is 23.3.